The number of carbonyl (C=O) groups is 3. The van der Waals surface area contributed by atoms with E-state index in [4.69, 9.17) is 11.5 Å². The van der Waals surface area contributed by atoms with Gasteiger partial charge in [-0.2, -0.15) is 0 Å². The van der Waals surface area contributed by atoms with Crippen molar-refractivity contribution in [3.8, 4) is 0 Å². The van der Waals surface area contributed by atoms with E-state index in [1.165, 1.54) is 0 Å². The van der Waals surface area contributed by atoms with Crippen molar-refractivity contribution in [1.82, 2.24) is 10.6 Å². The molecular formula is C23H29N7O4S. The normalized spacial score (nSPS) is 12.5. The van der Waals surface area contributed by atoms with Gasteiger partial charge in [-0.3, -0.25) is 9.79 Å². The molecule has 0 fully saturated rings. The SMILES string of the molecule is CSc1ccc(N=NC(=O)NC(Cc2ccccc2)C(=O)NC(CCCN=C(N)N)C(=O)O)cc1. The lowest BCUT2D eigenvalue weighted by atomic mass is 10.0. The number of nitrogens with two attached hydrogens (primary N) is 2. The van der Waals surface area contributed by atoms with Gasteiger partial charge in [-0.25, -0.2) is 9.59 Å². The molecule has 2 aromatic rings. The minimum Gasteiger partial charge on any atom is -0.480 e. The van der Waals surface area contributed by atoms with Crippen LogP contribution in [0.4, 0.5) is 10.5 Å². The Balaban J connectivity index is 2.08. The average Bonchev–Trinajstić information content (AvgIpc) is 2.84. The zero-order chi connectivity index (χ0) is 25.6. The number of carboxylic acids is 1. The highest BCUT2D eigenvalue weighted by molar-refractivity contribution is 7.98. The number of hydrogen-bond acceptors (Lipinski definition) is 6. The van der Waals surface area contributed by atoms with Crippen LogP contribution in [0.2, 0.25) is 0 Å². The van der Waals surface area contributed by atoms with Crippen LogP contribution in [0.5, 0.6) is 0 Å². The number of benzene rings is 2. The Hall–Kier alpha value is -3.93. The molecule has 0 aliphatic rings. The maximum atomic E-state index is 13.0. The maximum absolute atomic E-state index is 13.0. The second-order valence-electron chi connectivity index (χ2n) is 7.44. The summed E-state index contributed by atoms with van der Waals surface area (Å²) in [5.74, 6) is -1.96. The van der Waals surface area contributed by atoms with Crippen molar-refractivity contribution >= 4 is 41.3 Å². The monoisotopic (exact) mass is 499 g/mol. The summed E-state index contributed by atoms with van der Waals surface area (Å²) in [7, 11) is 0. The molecule has 0 saturated heterocycles. The molecular weight excluding hydrogens is 470 g/mol. The van der Waals surface area contributed by atoms with Crippen LogP contribution in [0.25, 0.3) is 0 Å². The molecule has 35 heavy (non-hydrogen) atoms. The summed E-state index contributed by atoms with van der Waals surface area (Å²) in [5.41, 5.74) is 11.8. The van der Waals surface area contributed by atoms with Gasteiger partial charge in [0.2, 0.25) is 5.91 Å². The Morgan fingerprint density at radius 2 is 1.69 bits per heavy atom. The van der Waals surface area contributed by atoms with E-state index in [2.05, 4.69) is 25.9 Å². The fraction of sp³-hybridized carbons (Fsp3) is 0.304. The first-order chi connectivity index (χ1) is 16.8. The highest BCUT2D eigenvalue weighted by Crippen LogP contribution is 2.19. The number of carboxylic acid groups (broad SMARTS) is 1. The summed E-state index contributed by atoms with van der Waals surface area (Å²) in [4.78, 5) is 41.9. The van der Waals surface area contributed by atoms with Crippen molar-refractivity contribution in [3.05, 3.63) is 60.2 Å². The van der Waals surface area contributed by atoms with Crippen LogP contribution < -0.4 is 22.1 Å². The minimum absolute atomic E-state index is 0.0964. The molecule has 2 rings (SSSR count). The lowest BCUT2D eigenvalue weighted by molar-refractivity contribution is -0.142. The number of nitrogens with zero attached hydrogens (tertiary/aromatic N) is 3. The third-order valence-corrected chi connectivity index (χ3v) is 5.53. The standard InChI is InChI=1S/C23H29N7O4S/c1-35-17-11-9-16(10-12-17)29-30-23(34)28-19(14-15-6-3-2-4-7-15)20(31)27-18(21(32)33)8-5-13-26-22(24)25/h2-4,6-7,9-12,18-19H,5,8,13-14H2,1H3,(H,27,31)(H,28,34)(H,32,33)(H4,24,25,26). The minimum atomic E-state index is -1.21. The Kier molecular flexibility index (Phi) is 11.2. The molecule has 0 spiro atoms. The Labute approximate surface area is 207 Å². The number of carbonyl (C=O) groups excluding carboxylic acids is 2. The van der Waals surface area contributed by atoms with Crippen LogP contribution in [0.1, 0.15) is 18.4 Å². The number of thioether (sulfide) groups is 1. The Bertz CT molecular complexity index is 1040. The molecule has 0 heterocycles. The molecule has 2 atom stereocenters. The van der Waals surface area contributed by atoms with Crippen LogP contribution in [0, 0.1) is 0 Å². The predicted octanol–water partition coefficient (Wildman–Crippen LogP) is 2.44. The number of azo groups is 1. The molecule has 0 bridgehead atoms. The first-order valence-electron chi connectivity index (χ1n) is 10.8. The lowest BCUT2D eigenvalue weighted by Crippen LogP contribution is -2.52. The quantitative estimate of drug-likeness (QED) is 0.0975. The molecule has 0 saturated carbocycles. The van der Waals surface area contributed by atoms with Crippen LogP contribution >= 0.6 is 11.8 Å². The van der Waals surface area contributed by atoms with E-state index in [1.807, 2.05) is 24.5 Å². The molecule has 11 nitrogen and oxygen atoms in total. The number of urea groups is 1. The van der Waals surface area contributed by atoms with Crippen molar-refractivity contribution < 1.29 is 19.5 Å². The molecule has 2 aromatic carbocycles. The fourth-order valence-corrected chi connectivity index (χ4v) is 3.43. The molecule has 3 amide bonds. The zero-order valence-electron chi connectivity index (χ0n) is 19.3. The Morgan fingerprint density at radius 1 is 1.00 bits per heavy atom. The molecule has 7 N–H and O–H groups in total. The van der Waals surface area contributed by atoms with Crippen LogP contribution in [-0.4, -0.2) is 53.9 Å². The number of amides is 3. The summed E-state index contributed by atoms with van der Waals surface area (Å²) < 4.78 is 0. The number of nitrogens with one attached hydrogen (secondary N) is 2. The molecule has 0 aliphatic heterocycles. The highest BCUT2D eigenvalue weighted by atomic mass is 32.2. The number of guanidine groups is 1. The van der Waals surface area contributed by atoms with E-state index in [9.17, 15) is 19.5 Å². The van der Waals surface area contributed by atoms with Gasteiger partial charge in [0.1, 0.15) is 12.1 Å². The van der Waals surface area contributed by atoms with Gasteiger partial charge in [0.25, 0.3) is 0 Å². The maximum Gasteiger partial charge on any atom is 0.360 e. The van der Waals surface area contributed by atoms with Crippen LogP contribution in [0.15, 0.2) is 74.7 Å². The van der Waals surface area contributed by atoms with Gasteiger partial charge in [0.15, 0.2) is 5.96 Å². The predicted molar refractivity (Wildman–Crippen MR) is 135 cm³/mol. The van der Waals surface area contributed by atoms with Crippen molar-refractivity contribution in [2.45, 2.75) is 36.2 Å². The lowest BCUT2D eigenvalue weighted by Gasteiger charge is -2.20. The second-order valence-corrected chi connectivity index (χ2v) is 8.32. The van der Waals surface area contributed by atoms with Gasteiger partial charge in [0, 0.05) is 17.9 Å². The smallest absolute Gasteiger partial charge is 0.360 e. The van der Waals surface area contributed by atoms with E-state index in [-0.39, 0.29) is 25.3 Å². The highest BCUT2D eigenvalue weighted by Gasteiger charge is 2.26. The van der Waals surface area contributed by atoms with Gasteiger partial charge in [-0.1, -0.05) is 35.4 Å². The molecule has 0 aromatic heterocycles. The molecule has 0 radical (unpaired) electrons. The van der Waals surface area contributed by atoms with Gasteiger partial charge in [-0.05, 0) is 48.9 Å². The number of rotatable bonds is 12. The summed E-state index contributed by atoms with van der Waals surface area (Å²) in [6.07, 6.45) is 2.53. The van der Waals surface area contributed by atoms with Crippen LogP contribution in [-0.2, 0) is 16.0 Å². The van der Waals surface area contributed by atoms with E-state index < -0.39 is 30.0 Å². The van der Waals surface area contributed by atoms with E-state index in [0.717, 1.165) is 10.5 Å². The van der Waals surface area contributed by atoms with Crippen molar-refractivity contribution in [1.29, 1.82) is 0 Å². The van der Waals surface area contributed by atoms with Crippen molar-refractivity contribution in [3.63, 3.8) is 0 Å². The Morgan fingerprint density at radius 3 is 2.29 bits per heavy atom. The molecule has 0 aliphatic carbocycles. The van der Waals surface area contributed by atoms with Gasteiger partial charge >= 0.3 is 12.0 Å². The van der Waals surface area contributed by atoms with Gasteiger partial charge in [-0.15, -0.1) is 16.9 Å². The van der Waals surface area contributed by atoms with Crippen molar-refractivity contribution in [2.24, 2.45) is 26.7 Å². The number of hydrogen-bond donors (Lipinski definition) is 5. The second kappa shape index (κ2) is 14.4. The van der Waals surface area contributed by atoms with E-state index in [0.29, 0.717) is 12.1 Å². The zero-order valence-corrected chi connectivity index (χ0v) is 20.1. The first-order valence-corrected chi connectivity index (χ1v) is 12.0. The largest absolute Gasteiger partial charge is 0.480 e. The third kappa shape index (κ3) is 10.3. The topological polar surface area (TPSA) is 185 Å². The third-order valence-electron chi connectivity index (χ3n) is 4.79. The van der Waals surface area contributed by atoms with Gasteiger partial charge < -0.3 is 27.2 Å². The van der Waals surface area contributed by atoms with Crippen molar-refractivity contribution in [2.75, 3.05) is 12.8 Å². The summed E-state index contributed by atoms with van der Waals surface area (Å²) in [6.45, 7) is 0.227. The van der Waals surface area contributed by atoms with E-state index >= 15 is 0 Å². The summed E-state index contributed by atoms with van der Waals surface area (Å²) in [6, 6.07) is 13.1. The number of aliphatic carboxylic acids is 1. The summed E-state index contributed by atoms with van der Waals surface area (Å²) in [5, 5.41) is 22.0. The van der Waals surface area contributed by atoms with Gasteiger partial charge in [0.05, 0.1) is 5.69 Å². The molecule has 12 heteroatoms. The number of aliphatic imine (C=N–C) groups is 1. The molecule has 2 unspecified atom stereocenters. The fourth-order valence-electron chi connectivity index (χ4n) is 3.02. The first kappa shape index (κ1) is 27.3. The summed E-state index contributed by atoms with van der Waals surface area (Å²) >= 11 is 1.57. The molecule has 186 valence electrons. The average molecular weight is 500 g/mol. The van der Waals surface area contributed by atoms with E-state index in [1.54, 1.807) is 48.2 Å². The van der Waals surface area contributed by atoms with Crippen LogP contribution in [0.3, 0.4) is 0 Å².